The van der Waals surface area contributed by atoms with Crippen molar-refractivity contribution in [3.63, 3.8) is 0 Å². The predicted octanol–water partition coefficient (Wildman–Crippen LogP) is 0.441. The fraction of sp³-hybridized carbons (Fsp3) is 0.429. The highest BCUT2D eigenvalue weighted by Crippen LogP contribution is 2.20. The van der Waals surface area contributed by atoms with Gasteiger partial charge in [0.1, 0.15) is 0 Å². The first-order chi connectivity index (χ1) is 11.2. The van der Waals surface area contributed by atoms with Gasteiger partial charge in [0.05, 0.1) is 11.9 Å². The van der Waals surface area contributed by atoms with Gasteiger partial charge in [-0.05, 0) is 25.0 Å². The first kappa shape index (κ1) is 15.8. The van der Waals surface area contributed by atoms with Gasteiger partial charge >= 0.3 is 0 Å². The number of carbonyl (C=O) groups is 1. The molecule has 3 rings (SSSR count). The zero-order valence-electron chi connectivity index (χ0n) is 12.5. The van der Waals surface area contributed by atoms with Crippen LogP contribution < -0.4 is 11.2 Å². The van der Waals surface area contributed by atoms with Crippen LogP contribution in [-0.2, 0) is 9.53 Å². The smallest absolute Gasteiger partial charge is 0.230 e. The van der Waals surface area contributed by atoms with Gasteiger partial charge in [-0.25, -0.2) is 4.68 Å². The Hall–Kier alpha value is -2.13. The average molecular weight is 334 g/mol. The number of thioether (sulfide) groups is 1. The summed E-state index contributed by atoms with van der Waals surface area (Å²) in [4.78, 5) is 15.9. The molecule has 122 valence electrons. The molecule has 0 aliphatic carbocycles. The summed E-state index contributed by atoms with van der Waals surface area (Å²) in [6.45, 7) is 1.33. The highest BCUT2D eigenvalue weighted by Gasteiger charge is 2.17. The standard InChI is InChI=1S/C14H18N6O2S/c15-20-13(10-3-1-5-16-7-10)18-19-14(20)23-9-12(21)17-8-11-4-2-6-22-11/h1,3,5,7,11H,2,4,6,8-9,15H2,(H,17,21)/t11-/m1/s1. The fourth-order valence-electron chi connectivity index (χ4n) is 2.28. The molecule has 2 aromatic heterocycles. The first-order valence-electron chi connectivity index (χ1n) is 7.36. The van der Waals surface area contributed by atoms with Gasteiger partial charge < -0.3 is 15.9 Å². The Balaban J connectivity index is 1.52. The number of hydrogen-bond acceptors (Lipinski definition) is 7. The Morgan fingerprint density at radius 1 is 1.52 bits per heavy atom. The Morgan fingerprint density at radius 2 is 2.43 bits per heavy atom. The Bertz CT molecular complexity index is 657. The summed E-state index contributed by atoms with van der Waals surface area (Å²) in [5.74, 6) is 6.66. The number of rotatable bonds is 6. The minimum absolute atomic E-state index is 0.0728. The maximum Gasteiger partial charge on any atom is 0.230 e. The summed E-state index contributed by atoms with van der Waals surface area (Å²) in [6.07, 6.45) is 5.53. The van der Waals surface area contributed by atoms with Crippen molar-refractivity contribution < 1.29 is 9.53 Å². The van der Waals surface area contributed by atoms with E-state index in [0.717, 1.165) is 25.0 Å². The van der Waals surface area contributed by atoms with Gasteiger partial charge in [-0.15, -0.1) is 10.2 Å². The molecule has 1 fully saturated rings. The van der Waals surface area contributed by atoms with Gasteiger partial charge in [0.15, 0.2) is 5.82 Å². The molecule has 3 heterocycles. The second-order valence-electron chi connectivity index (χ2n) is 5.15. The number of amides is 1. The average Bonchev–Trinajstić information content (AvgIpc) is 3.22. The minimum Gasteiger partial charge on any atom is -0.376 e. The van der Waals surface area contributed by atoms with E-state index in [2.05, 4.69) is 20.5 Å². The van der Waals surface area contributed by atoms with Gasteiger partial charge in [-0.2, -0.15) is 0 Å². The lowest BCUT2D eigenvalue weighted by atomic mass is 10.2. The number of nitrogens with two attached hydrogens (primary N) is 1. The van der Waals surface area contributed by atoms with Crippen LogP contribution in [-0.4, -0.2) is 50.8 Å². The molecule has 0 radical (unpaired) electrons. The predicted molar refractivity (Wildman–Crippen MR) is 86.1 cm³/mol. The number of carbonyl (C=O) groups excluding carboxylic acids is 1. The van der Waals surface area contributed by atoms with Crippen LogP contribution in [0.5, 0.6) is 0 Å². The monoisotopic (exact) mass is 334 g/mol. The van der Waals surface area contributed by atoms with Crippen molar-refractivity contribution in [3.05, 3.63) is 24.5 Å². The van der Waals surface area contributed by atoms with Crippen LogP contribution in [0.4, 0.5) is 0 Å². The number of hydrogen-bond donors (Lipinski definition) is 2. The molecule has 3 N–H and O–H groups in total. The number of pyridine rings is 1. The van der Waals surface area contributed by atoms with Gasteiger partial charge in [0.25, 0.3) is 0 Å². The zero-order valence-corrected chi connectivity index (χ0v) is 13.3. The van der Waals surface area contributed by atoms with Crippen LogP contribution in [0.15, 0.2) is 29.7 Å². The molecule has 8 nitrogen and oxygen atoms in total. The largest absolute Gasteiger partial charge is 0.376 e. The van der Waals surface area contributed by atoms with Crippen LogP contribution >= 0.6 is 11.8 Å². The molecule has 1 amide bonds. The van der Waals surface area contributed by atoms with E-state index in [1.807, 2.05) is 6.07 Å². The van der Waals surface area contributed by atoms with Gasteiger partial charge in [-0.1, -0.05) is 11.8 Å². The summed E-state index contributed by atoms with van der Waals surface area (Å²) in [5.41, 5.74) is 0.775. The topological polar surface area (TPSA) is 108 Å². The van der Waals surface area contributed by atoms with E-state index in [0.29, 0.717) is 17.5 Å². The molecule has 1 atom stereocenters. The SMILES string of the molecule is Nn1c(SCC(=O)NC[C@H]2CCCO2)nnc1-c1cccnc1. The van der Waals surface area contributed by atoms with E-state index < -0.39 is 0 Å². The molecular formula is C14H18N6O2S. The van der Waals surface area contributed by atoms with Crippen LogP contribution in [0.2, 0.25) is 0 Å². The normalized spacial score (nSPS) is 17.3. The molecule has 0 spiro atoms. The second-order valence-corrected chi connectivity index (χ2v) is 6.09. The molecule has 0 unspecified atom stereocenters. The van der Waals surface area contributed by atoms with Crippen molar-refractivity contribution in [1.29, 1.82) is 0 Å². The Labute approximate surface area is 137 Å². The highest BCUT2D eigenvalue weighted by molar-refractivity contribution is 7.99. The molecule has 1 aliphatic heterocycles. The molecule has 0 aromatic carbocycles. The van der Waals surface area contributed by atoms with Gasteiger partial charge in [-0.3, -0.25) is 9.78 Å². The third-order valence-electron chi connectivity index (χ3n) is 3.47. The molecule has 23 heavy (non-hydrogen) atoms. The summed E-state index contributed by atoms with van der Waals surface area (Å²) >= 11 is 1.24. The number of ether oxygens (including phenoxy) is 1. The molecule has 2 aromatic rings. The summed E-state index contributed by atoms with van der Waals surface area (Å²) < 4.78 is 6.83. The molecule has 0 saturated carbocycles. The minimum atomic E-state index is -0.0728. The lowest BCUT2D eigenvalue weighted by Crippen LogP contribution is -2.33. The molecule has 1 aliphatic rings. The number of nitrogen functional groups attached to an aromatic ring is 1. The van der Waals surface area contributed by atoms with E-state index in [9.17, 15) is 4.79 Å². The van der Waals surface area contributed by atoms with Crippen molar-refractivity contribution in [2.24, 2.45) is 0 Å². The summed E-state index contributed by atoms with van der Waals surface area (Å²) in [5, 5.41) is 11.4. The number of nitrogens with one attached hydrogen (secondary N) is 1. The molecule has 1 saturated heterocycles. The van der Waals surface area contributed by atoms with Crippen LogP contribution in [0.1, 0.15) is 12.8 Å². The van der Waals surface area contributed by atoms with E-state index in [1.54, 1.807) is 18.5 Å². The van der Waals surface area contributed by atoms with E-state index in [1.165, 1.54) is 16.4 Å². The van der Waals surface area contributed by atoms with E-state index in [-0.39, 0.29) is 17.8 Å². The van der Waals surface area contributed by atoms with Crippen molar-refractivity contribution >= 4 is 17.7 Å². The van der Waals surface area contributed by atoms with Gasteiger partial charge in [0.2, 0.25) is 11.1 Å². The Morgan fingerprint density at radius 3 is 3.17 bits per heavy atom. The Kier molecular flexibility index (Phi) is 5.09. The fourth-order valence-corrected chi connectivity index (χ4v) is 2.97. The van der Waals surface area contributed by atoms with Crippen LogP contribution in [0.3, 0.4) is 0 Å². The lowest BCUT2D eigenvalue weighted by molar-refractivity contribution is -0.119. The van der Waals surface area contributed by atoms with Crippen LogP contribution in [0, 0.1) is 0 Å². The van der Waals surface area contributed by atoms with Crippen molar-refractivity contribution in [3.8, 4) is 11.4 Å². The third kappa shape index (κ3) is 3.99. The maximum absolute atomic E-state index is 11.9. The first-order valence-corrected chi connectivity index (χ1v) is 8.34. The van der Waals surface area contributed by atoms with E-state index in [4.69, 9.17) is 10.6 Å². The van der Waals surface area contributed by atoms with Crippen molar-refractivity contribution in [1.82, 2.24) is 25.2 Å². The second kappa shape index (κ2) is 7.42. The van der Waals surface area contributed by atoms with Gasteiger partial charge in [0, 0.05) is 31.1 Å². The lowest BCUT2D eigenvalue weighted by Gasteiger charge is -2.10. The highest BCUT2D eigenvalue weighted by atomic mass is 32.2. The molecule has 0 bridgehead atoms. The zero-order chi connectivity index (χ0) is 16.1. The van der Waals surface area contributed by atoms with Crippen LogP contribution in [0.25, 0.3) is 11.4 Å². The quantitative estimate of drug-likeness (QED) is 0.583. The molecular weight excluding hydrogens is 316 g/mol. The van der Waals surface area contributed by atoms with Crippen molar-refractivity contribution in [2.75, 3.05) is 24.7 Å². The maximum atomic E-state index is 11.9. The summed E-state index contributed by atoms with van der Waals surface area (Å²) in [6, 6.07) is 3.65. The molecule has 9 heteroatoms. The van der Waals surface area contributed by atoms with Crippen molar-refractivity contribution in [2.45, 2.75) is 24.1 Å². The number of aromatic nitrogens is 4. The summed E-state index contributed by atoms with van der Waals surface area (Å²) in [7, 11) is 0. The van der Waals surface area contributed by atoms with E-state index >= 15 is 0 Å². The third-order valence-corrected chi connectivity index (χ3v) is 4.41. The number of nitrogens with zero attached hydrogens (tertiary/aromatic N) is 4.